The quantitative estimate of drug-likeness (QED) is 0.744. The molecule has 1 aromatic rings. The number of rotatable bonds is 3. The minimum absolute atomic E-state index is 0.953. The van der Waals surface area contributed by atoms with Gasteiger partial charge in [0.25, 0.3) is 0 Å². The Morgan fingerprint density at radius 3 is 2.69 bits per heavy atom. The molecule has 1 rings (SSSR count). The molecule has 0 saturated heterocycles. The minimum atomic E-state index is 0.953. The average Bonchev–Trinajstić information content (AvgIpc) is 2.09. The Hall–Kier alpha value is -1.08. The summed E-state index contributed by atoms with van der Waals surface area (Å²) in [4.78, 5) is 0. The van der Waals surface area contributed by atoms with Crippen LogP contribution in [0.15, 0.2) is 29.8 Å². The molecule has 0 fully saturated rings. The van der Waals surface area contributed by atoms with Gasteiger partial charge in [0.2, 0.25) is 0 Å². The van der Waals surface area contributed by atoms with Crippen LogP contribution in [0.25, 0.3) is 6.08 Å². The van der Waals surface area contributed by atoms with Crippen molar-refractivity contribution in [1.82, 2.24) is 5.32 Å². The second-order valence-corrected chi connectivity index (χ2v) is 3.38. The SMILES string of the molecule is CNC/C(C)=C/c1ccccc1C. The van der Waals surface area contributed by atoms with Crippen LogP contribution >= 0.6 is 0 Å². The van der Waals surface area contributed by atoms with Crippen molar-refractivity contribution in [3.05, 3.63) is 41.0 Å². The summed E-state index contributed by atoms with van der Waals surface area (Å²) in [7, 11) is 1.97. The summed E-state index contributed by atoms with van der Waals surface area (Å²) in [5, 5.41) is 3.14. The van der Waals surface area contributed by atoms with Gasteiger partial charge in [0, 0.05) is 6.54 Å². The molecular weight excluding hydrogens is 158 g/mol. The number of aryl methyl sites for hydroxylation is 1. The van der Waals surface area contributed by atoms with Gasteiger partial charge < -0.3 is 5.32 Å². The molecular formula is C12H17N. The largest absolute Gasteiger partial charge is 0.316 e. The maximum atomic E-state index is 3.14. The molecule has 1 aromatic carbocycles. The summed E-state index contributed by atoms with van der Waals surface area (Å²) in [5.41, 5.74) is 4.00. The number of hydrogen-bond donors (Lipinski definition) is 1. The number of nitrogens with one attached hydrogen (secondary N) is 1. The van der Waals surface area contributed by atoms with Crippen LogP contribution in [0.5, 0.6) is 0 Å². The van der Waals surface area contributed by atoms with Crippen LogP contribution in [0.2, 0.25) is 0 Å². The van der Waals surface area contributed by atoms with E-state index in [2.05, 4.69) is 49.5 Å². The molecule has 0 atom stereocenters. The van der Waals surface area contributed by atoms with Crippen molar-refractivity contribution in [3.8, 4) is 0 Å². The van der Waals surface area contributed by atoms with Crippen LogP contribution in [0.4, 0.5) is 0 Å². The molecule has 1 N–H and O–H groups in total. The highest BCUT2D eigenvalue weighted by molar-refractivity contribution is 5.56. The number of hydrogen-bond acceptors (Lipinski definition) is 1. The van der Waals surface area contributed by atoms with Gasteiger partial charge in [-0.15, -0.1) is 0 Å². The first-order valence-electron chi connectivity index (χ1n) is 4.61. The topological polar surface area (TPSA) is 12.0 Å². The fourth-order valence-electron chi connectivity index (χ4n) is 1.34. The van der Waals surface area contributed by atoms with Crippen molar-refractivity contribution >= 4 is 6.08 Å². The van der Waals surface area contributed by atoms with Crippen LogP contribution in [0.1, 0.15) is 18.1 Å². The van der Waals surface area contributed by atoms with Gasteiger partial charge in [0.1, 0.15) is 0 Å². The number of likely N-dealkylation sites (N-methyl/N-ethyl adjacent to an activating group) is 1. The zero-order valence-electron chi connectivity index (χ0n) is 8.59. The summed E-state index contributed by atoms with van der Waals surface area (Å²) in [6.07, 6.45) is 2.23. The van der Waals surface area contributed by atoms with Crippen molar-refractivity contribution in [2.75, 3.05) is 13.6 Å². The van der Waals surface area contributed by atoms with Gasteiger partial charge in [0.15, 0.2) is 0 Å². The predicted octanol–water partition coefficient (Wildman–Crippen LogP) is 2.62. The van der Waals surface area contributed by atoms with Gasteiger partial charge in [-0.25, -0.2) is 0 Å². The molecule has 0 aliphatic rings. The first-order valence-corrected chi connectivity index (χ1v) is 4.61. The highest BCUT2D eigenvalue weighted by atomic mass is 14.8. The summed E-state index contributed by atoms with van der Waals surface area (Å²) >= 11 is 0. The van der Waals surface area contributed by atoms with E-state index in [0.717, 1.165) is 6.54 Å². The smallest absolute Gasteiger partial charge is 0.0162 e. The Kier molecular flexibility index (Phi) is 3.71. The third-order valence-electron chi connectivity index (χ3n) is 2.05. The predicted molar refractivity (Wildman–Crippen MR) is 58.8 cm³/mol. The highest BCUT2D eigenvalue weighted by Gasteiger charge is 1.93. The molecule has 0 spiro atoms. The van der Waals surface area contributed by atoms with Crippen LogP contribution in [-0.4, -0.2) is 13.6 Å². The molecule has 0 aliphatic carbocycles. The van der Waals surface area contributed by atoms with Crippen LogP contribution < -0.4 is 5.32 Å². The number of benzene rings is 1. The lowest BCUT2D eigenvalue weighted by molar-refractivity contribution is 0.884. The van der Waals surface area contributed by atoms with E-state index < -0.39 is 0 Å². The normalized spacial score (nSPS) is 11.8. The zero-order chi connectivity index (χ0) is 9.68. The molecule has 0 heterocycles. The van der Waals surface area contributed by atoms with Crippen molar-refractivity contribution < 1.29 is 0 Å². The fourth-order valence-corrected chi connectivity index (χ4v) is 1.34. The molecule has 1 heteroatoms. The molecule has 0 aromatic heterocycles. The Bertz CT molecular complexity index is 300. The molecule has 0 radical (unpaired) electrons. The highest BCUT2D eigenvalue weighted by Crippen LogP contribution is 2.11. The van der Waals surface area contributed by atoms with E-state index in [4.69, 9.17) is 0 Å². The maximum absolute atomic E-state index is 3.14. The van der Waals surface area contributed by atoms with Gasteiger partial charge in [-0.05, 0) is 32.0 Å². The maximum Gasteiger partial charge on any atom is 0.0162 e. The van der Waals surface area contributed by atoms with Gasteiger partial charge in [-0.3, -0.25) is 0 Å². The van der Waals surface area contributed by atoms with Gasteiger partial charge in [-0.1, -0.05) is 35.9 Å². The molecule has 0 bridgehead atoms. The van der Waals surface area contributed by atoms with E-state index in [0.29, 0.717) is 0 Å². The lowest BCUT2D eigenvalue weighted by Gasteiger charge is -2.02. The van der Waals surface area contributed by atoms with Crippen molar-refractivity contribution in [1.29, 1.82) is 0 Å². The molecule has 0 unspecified atom stereocenters. The second-order valence-electron chi connectivity index (χ2n) is 3.38. The summed E-state index contributed by atoms with van der Waals surface area (Å²) in [5.74, 6) is 0. The van der Waals surface area contributed by atoms with Gasteiger partial charge in [0.05, 0.1) is 0 Å². The third-order valence-corrected chi connectivity index (χ3v) is 2.05. The van der Waals surface area contributed by atoms with E-state index in [1.807, 2.05) is 7.05 Å². The van der Waals surface area contributed by atoms with Crippen molar-refractivity contribution in [2.45, 2.75) is 13.8 Å². The van der Waals surface area contributed by atoms with E-state index in [1.54, 1.807) is 0 Å². The monoisotopic (exact) mass is 175 g/mol. The molecule has 13 heavy (non-hydrogen) atoms. The van der Waals surface area contributed by atoms with E-state index in [1.165, 1.54) is 16.7 Å². The van der Waals surface area contributed by atoms with E-state index in [9.17, 15) is 0 Å². The Labute approximate surface area is 80.5 Å². The fraction of sp³-hybridized carbons (Fsp3) is 0.333. The standard InChI is InChI=1S/C12H17N/c1-10(9-13-3)8-12-7-5-4-6-11(12)2/h4-8,13H,9H2,1-3H3/b10-8+. The van der Waals surface area contributed by atoms with E-state index in [-0.39, 0.29) is 0 Å². The van der Waals surface area contributed by atoms with Crippen LogP contribution in [0.3, 0.4) is 0 Å². The van der Waals surface area contributed by atoms with Gasteiger partial charge in [-0.2, -0.15) is 0 Å². The molecule has 1 nitrogen and oxygen atoms in total. The second kappa shape index (κ2) is 4.83. The lowest BCUT2D eigenvalue weighted by Crippen LogP contribution is -2.08. The van der Waals surface area contributed by atoms with Crippen molar-refractivity contribution in [3.63, 3.8) is 0 Å². The summed E-state index contributed by atoms with van der Waals surface area (Å²) in [6.45, 7) is 5.23. The molecule has 0 amide bonds. The Morgan fingerprint density at radius 1 is 1.38 bits per heavy atom. The van der Waals surface area contributed by atoms with Crippen molar-refractivity contribution in [2.24, 2.45) is 0 Å². The Balaban J connectivity index is 2.84. The average molecular weight is 175 g/mol. The third kappa shape index (κ3) is 3.03. The summed E-state index contributed by atoms with van der Waals surface area (Å²) < 4.78 is 0. The minimum Gasteiger partial charge on any atom is -0.316 e. The van der Waals surface area contributed by atoms with E-state index >= 15 is 0 Å². The first kappa shape index (κ1) is 10.0. The Morgan fingerprint density at radius 2 is 2.08 bits per heavy atom. The van der Waals surface area contributed by atoms with Gasteiger partial charge >= 0.3 is 0 Å². The van der Waals surface area contributed by atoms with Crippen LogP contribution in [-0.2, 0) is 0 Å². The van der Waals surface area contributed by atoms with Crippen LogP contribution in [0, 0.1) is 6.92 Å². The molecule has 70 valence electrons. The molecule has 0 saturated carbocycles. The summed E-state index contributed by atoms with van der Waals surface area (Å²) in [6, 6.07) is 8.43. The zero-order valence-corrected chi connectivity index (χ0v) is 8.59. The first-order chi connectivity index (χ1) is 6.24. The molecule has 0 aliphatic heterocycles. The lowest BCUT2D eigenvalue weighted by atomic mass is 10.1.